The fraction of sp³-hybridized carbons (Fsp3) is 0.750. The van der Waals surface area contributed by atoms with Gasteiger partial charge in [0.2, 0.25) is 0 Å². The highest BCUT2D eigenvalue weighted by molar-refractivity contribution is 7.81. The quantitative estimate of drug-likeness (QED) is 0.111. The van der Waals surface area contributed by atoms with E-state index in [1.165, 1.54) is 13.1 Å². The van der Waals surface area contributed by atoms with E-state index >= 15 is 0 Å². The minimum Gasteiger partial charge on any atom is -0.394 e. The predicted octanol–water partition coefficient (Wildman–Crippen LogP) is -2.52. The molecule has 3 rings (SSSR count). The van der Waals surface area contributed by atoms with Crippen molar-refractivity contribution in [2.45, 2.75) is 61.6 Å². The number of aliphatic hydroxyl groups excluding tert-OH is 4. The topological polar surface area (TPSA) is 257 Å². The highest BCUT2D eigenvalue weighted by atomic mass is 32.1. The molecule has 0 aromatic carbocycles. The third kappa shape index (κ3) is 6.92. The number of phosphoric ester groups is 2. The normalized spacial score (nSPS) is 36.3. The Morgan fingerprint density at radius 2 is 1.81 bits per heavy atom. The average molecular weight is 580 g/mol. The van der Waals surface area contributed by atoms with E-state index in [9.17, 15) is 48.9 Å². The Kier molecular flexibility index (Phi) is 9.40. The van der Waals surface area contributed by atoms with E-state index in [-0.39, 0.29) is 12.0 Å². The summed E-state index contributed by atoms with van der Waals surface area (Å²) >= 11 is 3.95. The van der Waals surface area contributed by atoms with Crippen LogP contribution >= 0.6 is 28.3 Å². The number of ether oxygens (including phenoxy) is 2. The molecule has 0 radical (unpaired) electrons. The van der Waals surface area contributed by atoms with E-state index in [1.807, 2.05) is 0 Å². The maximum absolute atomic E-state index is 12.2. The molecule has 7 N–H and O–H groups in total. The van der Waals surface area contributed by atoms with Crippen LogP contribution in [0.25, 0.3) is 0 Å². The summed E-state index contributed by atoms with van der Waals surface area (Å²) in [6, 6.07) is 0. The van der Waals surface area contributed by atoms with Crippen LogP contribution in [-0.4, -0.2) is 95.0 Å². The second-order valence-electron chi connectivity index (χ2n) is 8.03. The van der Waals surface area contributed by atoms with Gasteiger partial charge >= 0.3 is 21.3 Å². The van der Waals surface area contributed by atoms with Gasteiger partial charge in [0, 0.05) is 18.2 Å². The van der Waals surface area contributed by atoms with Crippen molar-refractivity contribution in [1.82, 2.24) is 9.55 Å². The summed E-state index contributed by atoms with van der Waals surface area (Å²) in [7, 11) is -10.8. The van der Waals surface area contributed by atoms with E-state index in [1.54, 1.807) is 0 Å². The van der Waals surface area contributed by atoms with E-state index in [2.05, 4.69) is 31.0 Å². The number of hydrogen-bond acceptors (Lipinski definition) is 14. The number of phosphoric acid groups is 2. The summed E-state index contributed by atoms with van der Waals surface area (Å²) in [4.78, 5) is 45.3. The monoisotopic (exact) mass is 580 g/mol. The molecule has 4 unspecified atom stereocenters. The van der Waals surface area contributed by atoms with Gasteiger partial charge in [-0.15, -0.1) is 0 Å². The van der Waals surface area contributed by atoms with E-state index in [0.717, 1.165) is 4.57 Å². The Bertz CT molecular complexity index is 1140. The molecule has 1 aromatic heterocycles. The molecule has 36 heavy (non-hydrogen) atoms. The number of aliphatic hydroxyl groups is 4. The van der Waals surface area contributed by atoms with Gasteiger partial charge in [-0.3, -0.25) is 23.4 Å². The first-order valence-corrected chi connectivity index (χ1v) is 13.8. The summed E-state index contributed by atoms with van der Waals surface area (Å²) in [5.41, 5.74) is -1.24. The van der Waals surface area contributed by atoms with Crippen LogP contribution < -0.4 is 11.2 Å². The van der Waals surface area contributed by atoms with Crippen molar-refractivity contribution < 1.29 is 62.2 Å². The molecule has 10 atom stereocenters. The van der Waals surface area contributed by atoms with Crippen LogP contribution in [-0.2, 0) is 32.0 Å². The molecule has 20 heteroatoms. The van der Waals surface area contributed by atoms with E-state index in [4.69, 9.17) is 9.47 Å². The lowest BCUT2D eigenvalue weighted by atomic mass is 10.0. The van der Waals surface area contributed by atoms with Crippen molar-refractivity contribution in [3.05, 3.63) is 32.6 Å². The standard InChI is InChI=1S/C16H26N2O15P2S/c1-6-3-18(16(24)17-14(6)23)10-2-7(20)9(30-10)5-29-34(25,26)33-35(27,28)32-15-12(22)11(21)13(36)8(4-19)31-15/h3,7-13,15,19-22,36H,2,4-5H2,1H3,(H,25,26)(H,27,28)(H,17,23,24)/t7-,8?,9-,10-,11-,12?,13+,15+/m1/s1. The summed E-state index contributed by atoms with van der Waals surface area (Å²) in [5.74, 6) is 0. The number of H-pyrrole nitrogens is 1. The van der Waals surface area contributed by atoms with Crippen LogP contribution in [0.2, 0.25) is 0 Å². The number of nitrogens with zero attached hydrogens (tertiary/aromatic N) is 1. The number of aryl methyl sites for hydroxylation is 1. The lowest BCUT2D eigenvalue weighted by Crippen LogP contribution is -2.57. The maximum Gasteiger partial charge on any atom is 0.483 e. The number of rotatable bonds is 9. The van der Waals surface area contributed by atoms with Crippen LogP contribution in [0.5, 0.6) is 0 Å². The zero-order chi connectivity index (χ0) is 27.0. The molecule has 0 bridgehead atoms. The van der Waals surface area contributed by atoms with Gasteiger partial charge in [0.15, 0.2) is 6.29 Å². The van der Waals surface area contributed by atoms with E-state index in [0.29, 0.717) is 0 Å². The van der Waals surface area contributed by atoms with Crippen molar-refractivity contribution in [3.63, 3.8) is 0 Å². The first-order valence-electron chi connectivity index (χ1n) is 10.3. The van der Waals surface area contributed by atoms with Crippen molar-refractivity contribution in [3.8, 4) is 0 Å². The number of aromatic amines is 1. The van der Waals surface area contributed by atoms with E-state index < -0.39 is 88.4 Å². The Balaban J connectivity index is 1.59. The Morgan fingerprint density at radius 1 is 1.14 bits per heavy atom. The molecule has 2 fully saturated rings. The molecule has 2 aliphatic rings. The van der Waals surface area contributed by atoms with Crippen LogP contribution in [0.15, 0.2) is 15.8 Å². The summed E-state index contributed by atoms with van der Waals surface area (Å²) in [6.45, 7) is -0.0999. The molecular formula is C16H26N2O15P2S. The minimum absolute atomic E-state index is 0.158. The summed E-state index contributed by atoms with van der Waals surface area (Å²) < 4.78 is 49.2. The molecule has 17 nitrogen and oxygen atoms in total. The molecule has 0 saturated carbocycles. The Labute approximate surface area is 207 Å². The molecule has 206 valence electrons. The summed E-state index contributed by atoms with van der Waals surface area (Å²) in [6.07, 6.45) is -9.46. The predicted molar refractivity (Wildman–Crippen MR) is 119 cm³/mol. The SMILES string of the molecule is Cc1cn([C@H]2C[C@@H](O)[C@@H](COP(=O)(O)OP(=O)(O)O[C@@H]3OC(CO)[C@H](S)[C@H](O)C3O)O2)c(=O)[nH]c1=O. The Morgan fingerprint density at radius 3 is 2.44 bits per heavy atom. The number of hydrogen-bond donors (Lipinski definition) is 8. The van der Waals surface area contributed by atoms with Gasteiger partial charge in [0.05, 0.1) is 36.8 Å². The average Bonchev–Trinajstić information content (AvgIpc) is 3.14. The molecule has 2 saturated heterocycles. The van der Waals surface area contributed by atoms with Gasteiger partial charge in [0.25, 0.3) is 5.56 Å². The van der Waals surface area contributed by atoms with Crippen LogP contribution in [0.4, 0.5) is 0 Å². The van der Waals surface area contributed by atoms with Crippen LogP contribution in [0.1, 0.15) is 18.2 Å². The number of nitrogens with one attached hydrogen (secondary N) is 1. The molecule has 0 amide bonds. The highest BCUT2D eigenvalue weighted by Gasteiger charge is 2.48. The maximum atomic E-state index is 12.2. The Hall–Kier alpha value is -0.950. The fourth-order valence-corrected chi connectivity index (χ4v) is 5.96. The van der Waals surface area contributed by atoms with Gasteiger partial charge in [-0.05, 0) is 6.92 Å². The largest absolute Gasteiger partial charge is 0.483 e. The third-order valence-corrected chi connectivity index (χ3v) is 8.59. The molecule has 0 aliphatic carbocycles. The van der Waals surface area contributed by atoms with Crippen molar-refractivity contribution in [1.29, 1.82) is 0 Å². The van der Waals surface area contributed by atoms with Gasteiger partial charge in [-0.2, -0.15) is 16.9 Å². The fourth-order valence-electron chi connectivity index (χ4n) is 3.46. The van der Waals surface area contributed by atoms with Crippen molar-refractivity contribution in [2.75, 3.05) is 13.2 Å². The zero-order valence-electron chi connectivity index (χ0n) is 18.5. The lowest BCUT2D eigenvalue weighted by molar-refractivity contribution is -0.241. The number of thiol groups is 1. The molecule has 0 spiro atoms. The number of aromatic nitrogens is 2. The van der Waals surface area contributed by atoms with Crippen LogP contribution in [0, 0.1) is 6.92 Å². The van der Waals surface area contributed by atoms with Gasteiger partial charge in [0.1, 0.15) is 18.4 Å². The molecule has 1 aromatic rings. The van der Waals surface area contributed by atoms with Crippen molar-refractivity contribution in [2.24, 2.45) is 0 Å². The second-order valence-corrected chi connectivity index (χ2v) is 11.6. The highest BCUT2D eigenvalue weighted by Crippen LogP contribution is 2.61. The van der Waals surface area contributed by atoms with Crippen molar-refractivity contribution >= 4 is 28.3 Å². The van der Waals surface area contributed by atoms with Gasteiger partial charge in [-0.1, -0.05) is 0 Å². The smallest absolute Gasteiger partial charge is 0.394 e. The van der Waals surface area contributed by atoms with Gasteiger partial charge in [-0.25, -0.2) is 13.9 Å². The zero-order valence-corrected chi connectivity index (χ0v) is 21.1. The molecule has 3 heterocycles. The summed E-state index contributed by atoms with van der Waals surface area (Å²) in [5, 5.41) is 38.2. The third-order valence-electron chi connectivity index (χ3n) is 5.35. The second kappa shape index (κ2) is 11.4. The first-order chi connectivity index (χ1) is 16.6. The van der Waals surface area contributed by atoms with Gasteiger partial charge < -0.3 is 39.7 Å². The first kappa shape index (κ1) is 29.6. The van der Waals surface area contributed by atoms with Crippen LogP contribution in [0.3, 0.4) is 0 Å². The molecule has 2 aliphatic heterocycles. The lowest BCUT2D eigenvalue weighted by Gasteiger charge is -2.40. The minimum atomic E-state index is -5.48. The molecular weight excluding hydrogens is 554 g/mol.